The molecule has 0 radical (unpaired) electrons. The molecule has 0 saturated carbocycles. The number of hydrogen-bond acceptors (Lipinski definition) is 5. The van der Waals surface area contributed by atoms with Crippen molar-refractivity contribution in [3.63, 3.8) is 0 Å². The maximum Gasteiger partial charge on any atom is 0.263 e. The molecule has 4 aromatic rings. The number of rotatable bonds is 3. The number of thiophene rings is 1. The summed E-state index contributed by atoms with van der Waals surface area (Å²) in [5, 5.41) is 0.737. The second-order valence-corrected chi connectivity index (χ2v) is 7.79. The van der Waals surface area contributed by atoms with Gasteiger partial charge in [0.05, 0.1) is 25.1 Å². The molecule has 0 aliphatic carbocycles. The third-order valence-corrected chi connectivity index (χ3v) is 5.97. The van der Waals surface area contributed by atoms with Crippen LogP contribution in [-0.4, -0.2) is 16.2 Å². The third kappa shape index (κ3) is 2.81. The van der Waals surface area contributed by atoms with Gasteiger partial charge in [-0.3, -0.25) is 9.36 Å². The second-order valence-electron chi connectivity index (χ2n) is 6.71. The summed E-state index contributed by atoms with van der Waals surface area (Å²) in [5.74, 6) is 1.98. The van der Waals surface area contributed by atoms with Gasteiger partial charge in [-0.25, -0.2) is 4.98 Å². The first-order chi connectivity index (χ1) is 13.2. The van der Waals surface area contributed by atoms with E-state index in [0.29, 0.717) is 31.3 Å². The number of aryl methyl sites for hydroxylation is 1. The highest BCUT2D eigenvalue weighted by atomic mass is 32.1. The summed E-state index contributed by atoms with van der Waals surface area (Å²) in [6.45, 7) is 3.56. The number of nitrogens with zero attached hydrogens (tertiary/aromatic N) is 2. The van der Waals surface area contributed by atoms with E-state index in [1.807, 2.05) is 49.4 Å². The van der Waals surface area contributed by atoms with Gasteiger partial charge < -0.3 is 9.15 Å². The van der Waals surface area contributed by atoms with Gasteiger partial charge in [-0.05, 0) is 36.6 Å². The van der Waals surface area contributed by atoms with Crippen LogP contribution in [0.5, 0.6) is 0 Å². The topological polar surface area (TPSA) is 57.3 Å². The highest BCUT2D eigenvalue weighted by molar-refractivity contribution is 7.18. The maximum absolute atomic E-state index is 13.5. The SMILES string of the molecule is Cc1ccc(-c2nc3sc4c(c3c(=O)n2Cc2ccccc2)CCOC4)o1. The molecule has 0 unspecified atom stereocenters. The minimum atomic E-state index is -0.00712. The molecule has 1 aliphatic rings. The summed E-state index contributed by atoms with van der Waals surface area (Å²) in [6, 6.07) is 13.7. The van der Waals surface area contributed by atoms with Crippen LogP contribution in [0.1, 0.15) is 21.8 Å². The number of fused-ring (bicyclic) bond motifs is 3. The molecule has 0 N–H and O–H groups in total. The molecule has 0 atom stereocenters. The summed E-state index contributed by atoms with van der Waals surface area (Å²) in [4.78, 5) is 20.2. The minimum Gasteiger partial charge on any atom is -0.458 e. The minimum absolute atomic E-state index is 0.00712. The Morgan fingerprint density at radius 2 is 2.04 bits per heavy atom. The molecule has 1 aliphatic heterocycles. The highest BCUT2D eigenvalue weighted by Crippen LogP contribution is 2.33. The van der Waals surface area contributed by atoms with Crippen LogP contribution in [0.2, 0.25) is 0 Å². The molecule has 136 valence electrons. The zero-order chi connectivity index (χ0) is 18.4. The fourth-order valence-electron chi connectivity index (χ4n) is 3.56. The lowest BCUT2D eigenvalue weighted by atomic mass is 10.1. The van der Waals surface area contributed by atoms with Crippen molar-refractivity contribution in [2.24, 2.45) is 0 Å². The molecular formula is C21H18N2O3S. The van der Waals surface area contributed by atoms with E-state index >= 15 is 0 Å². The zero-order valence-electron chi connectivity index (χ0n) is 14.9. The maximum atomic E-state index is 13.5. The molecule has 5 rings (SSSR count). The van der Waals surface area contributed by atoms with Crippen LogP contribution in [0, 0.1) is 6.92 Å². The fourth-order valence-corrected chi connectivity index (χ4v) is 4.71. The Balaban J connectivity index is 1.78. The van der Waals surface area contributed by atoms with Crippen LogP contribution < -0.4 is 5.56 Å². The molecule has 6 heteroatoms. The first kappa shape index (κ1) is 16.5. The largest absolute Gasteiger partial charge is 0.458 e. The lowest BCUT2D eigenvalue weighted by Gasteiger charge is -2.13. The molecule has 4 heterocycles. The van der Waals surface area contributed by atoms with Crippen molar-refractivity contribution in [3.05, 3.63) is 74.6 Å². The van der Waals surface area contributed by atoms with Gasteiger partial charge in [-0.15, -0.1) is 11.3 Å². The molecule has 5 nitrogen and oxygen atoms in total. The van der Waals surface area contributed by atoms with Crippen molar-refractivity contribution in [1.29, 1.82) is 0 Å². The predicted molar refractivity (Wildman–Crippen MR) is 105 cm³/mol. The Morgan fingerprint density at radius 1 is 1.19 bits per heavy atom. The Morgan fingerprint density at radius 3 is 2.81 bits per heavy atom. The van der Waals surface area contributed by atoms with Crippen molar-refractivity contribution < 1.29 is 9.15 Å². The average molecular weight is 378 g/mol. The molecule has 0 saturated heterocycles. The quantitative estimate of drug-likeness (QED) is 0.537. The molecule has 27 heavy (non-hydrogen) atoms. The van der Waals surface area contributed by atoms with Gasteiger partial charge in [0.25, 0.3) is 5.56 Å². The van der Waals surface area contributed by atoms with Gasteiger partial charge in [-0.2, -0.15) is 0 Å². The van der Waals surface area contributed by atoms with E-state index in [9.17, 15) is 4.79 Å². The summed E-state index contributed by atoms with van der Waals surface area (Å²) in [6.07, 6.45) is 0.761. The highest BCUT2D eigenvalue weighted by Gasteiger charge is 2.23. The van der Waals surface area contributed by atoms with Crippen molar-refractivity contribution >= 4 is 21.6 Å². The van der Waals surface area contributed by atoms with Crippen LogP contribution in [0.15, 0.2) is 51.7 Å². The molecule has 0 fully saturated rings. The van der Waals surface area contributed by atoms with E-state index in [0.717, 1.165) is 38.4 Å². The Bertz CT molecular complexity index is 1190. The van der Waals surface area contributed by atoms with Crippen LogP contribution in [0.3, 0.4) is 0 Å². The smallest absolute Gasteiger partial charge is 0.263 e. The van der Waals surface area contributed by atoms with Gasteiger partial charge in [0.1, 0.15) is 10.6 Å². The van der Waals surface area contributed by atoms with Crippen molar-refractivity contribution in [3.8, 4) is 11.6 Å². The van der Waals surface area contributed by atoms with Crippen LogP contribution in [0.25, 0.3) is 21.8 Å². The predicted octanol–water partition coefficient (Wildman–Crippen LogP) is 4.15. The summed E-state index contributed by atoms with van der Waals surface area (Å²) >= 11 is 1.55. The Hall–Kier alpha value is -2.70. The van der Waals surface area contributed by atoms with Crippen LogP contribution >= 0.6 is 11.3 Å². The molecule has 3 aromatic heterocycles. The van der Waals surface area contributed by atoms with Crippen LogP contribution in [-0.2, 0) is 24.3 Å². The molecular weight excluding hydrogens is 360 g/mol. The molecule has 0 amide bonds. The van der Waals surface area contributed by atoms with E-state index in [2.05, 4.69) is 0 Å². The Labute approximate surface area is 159 Å². The van der Waals surface area contributed by atoms with Crippen LogP contribution in [0.4, 0.5) is 0 Å². The van der Waals surface area contributed by atoms with Crippen molar-refractivity contribution in [2.75, 3.05) is 6.61 Å². The standard InChI is InChI=1S/C21H18N2O3S/c1-13-7-8-16(26-13)19-22-20-18(15-9-10-25-12-17(15)27-20)21(24)23(19)11-14-5-3-2-4-6-14/h2-8H,9-12H2,1H3. The van der Waals surface area contributed by atoms with Gasteiger partial charge in [0, 0.05) is 4.88 Å². The average Bonchev–Trinajstić information content (AvgIpc) is 3.28. The molecule has 0 spiro atoms. The van der Waals surface area contributed by atoms with E-state index in [1.54, 1.807) is 15.9 Å². The molecule has 1 aromatic carbocycles. The monoisotopic (exact) mass is 378 g/mol. The van der Waals surface area contributed by atoms with E-state index in [1.165, 1.54) is 0 Å². The van der Waals surface area contributed by atoms with Gasteiger partial charge in [0.15, 0.2) is 11.6 Å². The normalized spacial score (nSPS) is 13.8. The fraction of sp³-hybridized carbons (Fsp3) is 0.238. The van der Waals surface area contributed by atoms with E-state index < -0.39 is 0 Å². The van der Waals surface area contributed by atoms with Gasteiger partial charge in [0.2, 0.25) is 0 Å². The number of ether oxygens (including phenoxy) is 1. The summed E-state index contributed by atoms with van der Waals surface area (Å²) in [7, 11) is 0. The van der Waals surface area contributed by atoms with Gasteiger partial charge in [-0.1, -0.05) is 30.3 Å². The number of hydrogen-bond donors (Lipinski definition) is 0. The van der Waals surface area contributed by atoms with Crippen molar-refractivity contribution in [2.45, 2.75) is 26.5 Å². The summed E-state index contributed by atoms with van der Waals surface area (Å²) in [5.41, 5.74) is 2.15. The third-order valence-electron chi connectivity index (χ3n) is 4.87. The first-order valence-electron chi connectivity index (χ1n) is 8.94. The van der Waals surface area contributed by atoms with E-state index in [4.69, 9.17) is 14.1 Å². The lowest BCUT2D eigenvalue weighted by Crippen LogP contribution is -2.24. The van der Waals surface area contributed by atoms with E-state index in [-0.39, 0.29) is 5.56 Å². The lowest BCUT2D eigenvalue weighted by molar-refractivity contribution is 0.114. The zero-order valence-corrected chi connectivity index (χ0v) is 15.7. The second kappa shape index (κ2) is 6.48. The Kier molecular flexibility index (Phi) is 3.95. The number of benzene rings is 1. The van der Waals surface area contributed by atoms with Gasteiger partial charge >= 0.3 is 0 Å². The number of aromatic nitrogens is 2. The van der Waals surface area contributed by atoms with Crippen molar-refractivity contribution in [1.82, 2.24) is 9.55 Å². The number of furan rings is 1. The molecule has 0 bridgehead atoms. The first-order valence-corrected chi connectivity index (χ1v) is 9.76. The summed E-state index contributed by atoms with van der Waals surface area (Å²) < 4.78 is 13.1.